The maximum absolute atomic E-state index is 9.75. The topological polar surface area (TPSA) is 41.5 Å². The zero-order chi connectivity index (χ0) is 13.5. The van der Waals surface area contributed by atoms with E-state index >= 15 is 0 Å². The second-order valence-electron chi connectivity index (χ2n) is 3.87. The quantitative estimate of drug-likeness (QED) is 0.628. The van der Waals surface area contributed by atoms with Crippen molar-refractivity contribution in [3.8, 4) is 5.75 Å². The summed E-state index contributed by atoms with van der Waals surface area (Å²) in [7, 11) is 0. The van der Waals surface area contributed by atoms with Crippen LogP contribution in [0.1, 0.15) is 13.3 Å². The molecule has 1 atom stereocenters. The zero-order valence-electron chi connectivity index (χ0n) is 10.0. The predicted molar refractivity (Wildman–Crippen MR) is 84.2 cm³/mol. The molecule has 1 unspecified atom stereocenters. The summed E-state index contributed by atoms with van der Waals surface area (Å²) < 4.78 is 8.26. The lowest BCUT2D eigenvalue weighted by Gasteiger charge is -2.15. The number of hydrogen-bond donors (Lipinski definition) is 2. The van der Waals surface area contributed by atoms with Gasteiger partial charge in [-0.1, -0.05) is 22.9 Å². The SMILES string of the molecule is CCCNCC(O)COc1c(Br)cc(Br)cc1Br. The van der Waals surface area contributed by atoms with Crippen molar-refractivity contribution in [2.45, 2.75) is 19.4 Å². The van der Waals surface area contributed by atoms with E-state index < -0.39 is 6.10 Å². The van der Waals surface area contributed by atoms with Crippen LogP contribution in [0.15, 0.2) is 25.6 Å². The minimum Gasteiger partial charge on any atom is -0.488 e. The smallest absolute Gasteiger partial charge is 0.147 e. The first-order valence-corrected chi connectivity index (χ1v) is 8.08. The van der Waals surface area contributed by atoms with Gasteiger partial charge < -0.3 is 15.2 Å². The fourth-order valence-electron chi connectivity index (χ4n) is 1.35. The van der Waals surface area contributed by atoms with Gasteiger partial charge in [-0.15, -0.1) is 0 Å². The van der Waals surface area contributed by atoms with Crippen LogP contribution in [-0.4, -0.2) is 30.9 Å². The lowest BCUT2D eigenvalue weighted by molar-refractivity contribution is 0.106. The third kappa shape index (κ3) is 5.57. The van der Waals surface area contributed by atoms with Crippen LogP contribution >= 0.6 is 47.8 Å². The van der Waals surface area contributed by atoms with Crippen molar-refractivity contribution in [1.82, 2.24) is 5.32 Å². The molecule has 0 aliphatic heterocycles. The lowest BCUT2D eigenvalue weighted by Crippen LogP contribution is -2.31. The van der Waals surface area contributed by atoms with Crippen molar-refractivity contribution in [2.24, 2.45) is 0 Å². The maximum atomic E-state index is 9.75. The highest BCUT2D eigenvalue weighted by Crippen LogP contribution is 2.36. The Kier molecular flexibility index (Phi) is 7.79. The van der Waals surface area contributed by atoms with Crippen molar-refractivity contribution in [1.29, 1.82) is 0 Å². The third-order valence-corrected chi connectivity index (χ3v) is 3.83. The Morgan fingerprint density at radius 3 is 2.44 bits per heavy atom. The average molecular weight is 446 g/mol. The third-order valence-electron chi connectivity index (χ3n) is 2.19. The summed E-state index contributed by atoms with van der Waals surface area (Å²) in [6.45, 7) is 3.80. The molecule has 18 heavy (non-hydrogen) atoms. The van der Waals surface area contributed by atoms with Gasteiger partial charge in [0.2, 0.25) is 0 Å². The summed E-state index contributed by atoms with van der Waals surface area (Å²) in [5, 5.41) is 12.9. The van der Waals surface area contributed by atoms with Crippen molar-refractivity contribution in [3.05, 3.63) is 25.6 Å². The zero-order valence-corrected chi connectivity index (χ0v) is 14.8. The highest BCUT2D eigenvalue weighted by atomic mass is 79.9. The average Bonchev–Trinajstić information content (AvgIpc) is 2.27. The molecule has 102 valence electrons. The number of benzene rings is 1. The highest BCUT2D eigenvalue weighted by molar-refractivity contribution is 9.11. The van der Waals surface area contributed by atoms with E-state index in [1.807, 2.05) is 12.1 Å². The first-order chi connectivity index (χ1) is 8.54. The predicted octanol–water partition coefficient (Wildman–Crippen LogP) is 3.71. The van der Waals surface area contributed by atoms with E-state index in [9.17, 15) is 5.11 Å². The van der Waals surface area contributed by atoms with Crippen LogP contribution in [0.4, 0.5) is 0 Å². The Morgan fingerprint density at radius 2 is 1.89 bits per heavy atom. The Balaban J connectivity index is 2.48. The largest absolute Gasteiger partial charge is 0.488 e. The van der Waals surface area contributed by atoms with E-state index in [1.165, 1.54) is 0 Å². The number of aliphatic hydroxyl groups is 1. The Bertz CT molecular complexity index is 365. The molecule has 0 aromatic heterocycles. The summed E-state index contributed by atoms with van der Waals surface area (Å²) >= 11 is 10.3. The Labute approximate surface area is 133 Å². The molecule has 0 fully saturated rings. The fourth-order valence-corrected chi connectivity index (χ4v) is 3.84. The highest BCUT2D eigenvalue weighted by Gasteiger charge is 2.11. The number of halogens is 3. The number of rotatable bonds is 7. The molecular weight excluding hydrogens is 430 g/mol. The summed E-state index contributed by atoms with van der Waals surface area (Å²) in [6.07, 6.45) is 0.538. The van der Waals surface area contributed by atoms with Gasteiger partial charge in [0, 0.05) is 11.0 Å². The molecule has 2 N–H and O–H groups in total. The van der Waals surface area contributed by atoms with Crippen molar-refractivity contribution in [2.75, 3.05) is 19.7 Å². The standard InChI is InChI=1S/C12H16Br3NO2/c1-2-3-16-6-9(17)7-18-12-10(14)4-8(13)5-11(12)15/h4-5,9,16-17H,2-3,6-7H2,1H3. The number of hydrogen-bond acceptors (Lipinski definition) is 3. The Hall–Kier alpha value is 0.380. The van der Waals surface area contributed by atoms with Crippen LogP contribution in [0.25, 0.3) is 0 Å². The van der Waals surface area contributed by atoms with Gasteiger partial charge in [-0.25, -0.2) is 0 Å². The molecule has 0 bridgehead atoms. The van der Waals surface area contributed by atoms with Gasteiger partial charge in [-0.3, -0.25) is 0 Å². The van der Waals surface area contributed by atoms with Gasteiger partial charge in [0.15, 0.2) is 0 Å². The number of nitrogens with one attached hydrogen (secondary N) is 1. The molecule has 1 aromatic rings. The second-order valence-corrected chi connectivity index (χ2v) is 6.49. The molecule has 0 saturated heterocycles. The molecule has 0 heterocycles. The summed E-state index contributed by atoms with van der Waals surface area (Å²) in [4.78, 5) is 0. The van der Waals surface area contributed by atoms with Gasteiger partial charge in [0.25, 0.3) is 0 Å². The molecule has 0 amide bonds. The monoisotopic (exact) mass is 443 g/mol. The maximum Gasteiger partial charge on any atom is 0.147 e. The first-order valence-electron chi connectivity index (χ1n) is 5.70. The second kappa shape index (κ2) is 8.53. The lowest BCUT2D eigenvalue weighted by atomic mass is 10.3. The van der Waals surface area contributed by atoms with E-state index in [-0.39, 0.29) is 6.61 Å². The Morgan fingerprint density at radius 1 is 1.28 bits per heavy atom. The van der Waals surface area contributed by atoms with Crippen LogP contribution in [0.2, 0.25) is 0 Å². The van der Waals surface area contributed by atoms with E-state index in [4.69, 9.17) is 4.74 Å². The van der Waals surface area contributed by atoms with Crippen LogP contribution < -0.4 is 10.1 Å². The van der Waals surface area contributed by atoms with Crippen molar-refractivity contribution in [3.63, 3.8) is 0 Å². The number of ether oxygens (including phenoxy) is 1. The summed E-state index contributed by atoms with van der Waals surface area (Å²) in [6, 6.07) is 3.81. The number of aliphatic hydroxyl groups excluding tert-OH is 1. The summed E-state index contributed by atoms with van der Waals surface area (Å²) in [5.74, 6) is 0.702. The molecular formula is C12H16Br3NO2. The summed E-state index contributed by atoms with van der Waals surface area (Å²) in [5.41, 5.74) is 0. The van der Waals surface area contributed by atoms with Crippen LogP contribution in [0, 0.1) is 0 Å². The normalized spacial score (nSPS) is 12.5. The van der Waals surface area contributed by atoms with Gasteiger partial charge in [-0.2, -0.15) is 0 Å². The van der Waals surface area contributed by atoms with E-state index in [0.29, 0.717) is 12.3 Å². The van der Waals surface area contributed by atoms with Crippen LogP contribution in [-0.2, 0) is 0 Å². The van der Waals surface area contributed by atoms with Crippen LogP contribution in [0.5, 0.6) is 5.75 Å². The van der Waals surface area contributed by atoms with Crippen LogP contribution in [0.3, 0.4) is 0 Å². The molecule has 3 nitrogen and oxygen atoms in total. The molecule has 6 heteroatoms. The minimum atomic E-state index is -0.515. The van der Waals surface area contributed by atoms with Gasteiger partial charge in [0.1, 0.15) is 18.5 Å². The van der Waals surface area contributed by atoms with E-state index in [0.717, 1.165) is 26.4 Å². The van der Waals surface area contributed by atoms with Crippen molar-refractivity contribution < 1.29 is 9.84 Å². The van der Waals surface area contributed by atoms with E-state index in [1.54, 1.807) is 0 Å². The minimum absolute atomic E-state index is 0.259. The van der Waals surface area contributed by atoms with Gasteiger partial charge in [0.05, 0.1) is 8.95 Å². The first kappa shape index (κ1) is 16.4. The molecule has 0 radical (unpaired) electrons. The van der Waals surface area contributed by atoms with Gasteiger partial charge in [-0.05, 0) is 57.0 Å². The molecule has 0 aliphatic carbocycles. The van der Waals surface area contributed by atoms with Crippen molar-refractivity contribution >= 4 is 47.8 Å². The molecule has 0 spiro atoms. The molecule has 0 aliphatic rings. The van der Waals surface area contributed by atoms with E-state index in [2.05, 4.69) is 60.0 Å². The fraction of sp³-hybridized carbons (Fsp3) is 0.500. The molecule has 0 saturated carbocycles. The van der Waals surface area contributed by atoms with Gasteiger partial charge >= 0.3 is 0 Å². The molecule has 1 rings (SSSR count). The molecule has 1 aromatic carbocycles.